The molecule has 0 spiro atoms. The molecule has 1 aliphatic rings. The smallest absolute Gasteiger partial charge is 0.264 e. The number of hydrogen-bond acceptors (Lipinski definition) is 5. The van der Waals surface area contributed by atoms with E-state index in [1.165, 1.54) is 29.2 Å². The number of amides is 2. The van der Waals surface area contributed by atoms with Crippen LogP contribution in [0.5, 0.6) is 5.75 Å². The Morgan fingerprint density at radius 3 is 2.35 bits per heavy atom. The number of benzene rings is 3. The number of rotatable bonds is 12. The van der Waals surface area contributed by atoms with Gasteiger partial charge >= 0.3 is 0 Å². The average molecular weight is 626 g/mol. The summed E-state index contributed by atoms with van der Waals surface area (Å²) in [6, 6.07) is 19.5. The molecule has 0 aliphatic heterocycles. The molecule has 1 fully saturated rings. The van der Waals surface area contributed by atoms with Gasteiger partial charge in [0.2, 0.25) is 11.8 Å². The first-order valence-electron chi connectivity index (χ1n) is 14.7. The SMILES string of the molecule is CC[C@@H](C(=O)NC1CCCCC1)N(Cc1cccc(OC)c1)C(=O)CN(c1ccccc1C)S(=O)(=O)c1ccc(Cl)cc1. The van der Waals surface area contributed by atoms with Crippen LogP contribution in [0, 0.1) is 6.92 Å². The second-order valence-corrected chi connectivity index (χ2v) is 13.2. The van der Waals surface area contributed by atoms with Gasteiger partial charge in [0.25, 0.3) is 10.0 Å². The summed E-state index contributed by atoms with van der Waals surface area (Å²) in [6.07, 6.45) is 5.45. The van der Waals surface area contributed by atoms with Crippen LogP contribution < -0.4 is 14.4 Å². The van der Waals surface area contributed by atoms with Gasteiger partial charge in [0.05, 0.1) is 17.7 Å². The lowest BCUT2D eigenvalue weighted by Gasteiger charge is -2.34. The van der Waals surface area contributed by atoms with E-state index in [9.17, 15) is 18.0 Å². The second-order valence-electron chi connectivity index (χ2n) is 10.9. The third-order valence-electron chi connectivity index (χ3n) is 7.89. The van der Waals surface area contributed by atoms with Gasteiger partial charge in [-0.25, -0.2) is 8.42 Å². The Morgan fingerprint density at radius 1 is 1.00 bits per heavy atom. The van der Waals surface area contributed by atoms with Crippen LogP contribution in [0.1, 0.15) is 56.6 Å². The van der Waals surface area contributed by atoms with Gasteiger partial charge in [-0.1, -0.05) is 68.1 Å². The molecule has 1 atom stereocenters. The first kappa shape index (κ1) is 32.4. The Hall–Kier alpha value is -3.56. The quantitative estimate of drug-likeness (QED) is 0.262. The molecule has 3 aromatic rings. The molecule has 0 unspecified atom stereocenters. The van der Waals surface area contributed by atoms with Gasteiger partial charge in [-0.3, -0.25) is 13.9 Å². The fraction of sp³-hybridized carbons (Fsp3) is 0.394. The van der Waals surface area contributed by atoms with Gasteiger partial charge < -0.3 is 15.0 Å². The largest absolute Gasteiger partial charge is 0.497 e. The summed E-state index contributed by atoms with van der Waals surface area (Å²) in [7, 11) is -2.61. The number of sulfonamides is 1. The summed E-state index contributed by atoms with van der Waals surface area (Å²) in [5.41, 5.74) is 1.83. The van der Waals surface area contributed by atoms with E-state index < -0.39 is 28.5 Å². The number of hydrogen-bond donors (Lipinski definition) is 1. The van der Waals surface area contributed by atoms with Gasteiger partial charge in [-0.05, 0) is 79.8 Å². The Bertz CT molecular complexity index is 1510. The number of para-hydroxylation sites is 1. The van der Waals surface area contributed by atoms with E-state index >= 15 is 0 Å². The van der Waals surface area contributed by atoms with Crippen LogP contribution in [0.4, 0.5) is 5.69 Å². The summed E-state index contributed by atoms with van der Waals surface area (Å²) in [4.78, 5) is 29.5. The van der Waals surface area contributed by atoms with Gasteiger partial charge in [-0.15, -0.1) is 0 Å². The van der Waals surface area contributed by atoms with Crippen molar-refractivity contribution in [2.75, 3.05) is 18.0 Å². The van der Waals surface area contributed by atoms with Crippen LogP contribution in [-0.4, -0.2) is 50.9 Å². The average Bonchev–Trinajstić information content (AvgIpc) is 3.01. The fourth-order valence-corrected chi connectivity index (χ4v) is 7.13. The van der Waals surface area contributed by atoms with Gasteiger partial charge in [0, 0.05) is 17.6 Å². The van der Waals surface area contributed by atoms with Crippen LogP contribution in [0.15, 0.2) is 77.7 Å². The highest BCUT2D eigenvalue weighted by Crippen LogP contribution is 2.28. The van der Waals surface area contributed by atoms with Crippen molar-refractivity contribution in [1.82, 2.24) is 10.2 Å². The molecular weight excluding hydrogens is 586 g/mol. The van der Waals surface area contributed by atoms with E-state index in [1.54, 1.807) is 38.3 Å². The third kappa shape index (κ3) is 8.09. The van der Waals surface area contributed by atoms with Gasteiger partial charge in [-0.2, -0.15) is 0 Å². The molecule has 2 amide bonds. The topological polar surface area (TPSA) is 96.0 Å². The van der Waals surface area contributed by atoms with Crippen molar-refractivity contribution in [3.63, 3.8) is 0 Å². The maximum absolute atomic E-state index is 14.3. The molecule has 4 rings (SSSR count). The number of methoxy groups -OCH3 is 1. The van der Waals surface area contributed by atoms with Crippen molar-refractivity contribution < 1.29 is 22.7 Å². The monoisotopic (exact) mass is 625 g/mol. The van der Waals surface area contributed by atoms with E-state index in [0.29, 0.717) is 28.4 Å². The number of ether oxygens (including phenoxy) is 1. The molecule has 0 bridgehead atoms. The lowest BCUT2D eigenvalue weighted by atomic mass is 9.95. The zero-order chi connectivity index (χ0) is 31.0. The Labute approximate surface area is 260 Å². The minimum absolute atomic E-state index is 0.00869. The normalized spacial score (nSPS) is 14.5. The highest BCUT2D eigenvalue weighted by atomic mass is 35.5. The Morgan fingerprint density at radius 2 is 1.70 bits per heavy atom. The zero-order valence-electron chi connectivity index (χ0n) is 25.0. The molecular formula is C33H40ClN3O5S. The second kappa shape index (κ2) is 14.8. The predicted molar refractivity (Wildman–Crippen MR) is 170 cm³/mol. The molecule has 1 aliphatic carbocycles. The predicted octanol–water partition coefficient (Wildman–Crippen LogP) is 6.11. The van der Waals surface area contributed by atoms with Crippen LogP contribution in [0.2, 0.25) is 5.02 Å². The number of carbonyl (C=O) groups is 2. The Balaban J connectivity index is 1.72. The number of halogens is 1. The standard InChI is InChI=1S/C33H40ClN3O5S/c1-4-30(33(39)35-27-13-6-5-7-14-27)36(22-25-12-10-15-28(21-25)42-3)32(38)23-37(31-16-9-8-11-24(31)2)43(40,41)29-19-17-26(34)18-20-29/h8-12,15-21,27,30H,4-7,13-14,22-23H2,1-3H3,(H,35,39)/t30-/m0/s1. The van der Waals surface area contributed by atoms with Crippen LogP contribution in [-0.2, 0) is 26.2 Å². The summed E-state index contributed by atoms with van der Waals surface area (Å²) < 4.78 is 34.6. The lowest BCUT2D eigenvalue weighted by molar-refractivity contribution is -0.140. The maximum atomic E-state index is 14.3. The summed E-state index contributed by atoms with van der Waals surface area (Å²) in [6.45, 7) is 3.27. The lowest BCUT2D eigenvalue weighted by Crippen LogP contribution is -2.54. The summed E-state index contributed by atoms with van der Waals surface area (Å²) >= 11 is 6.04. The molecule has 230 valence electrons. The molecule has 0 saturated heterocycles. The van der Waals surface area contributed by atoms with E-state index in [1.807, 2.05) is 31.2 Å². The molecule has 0 aromatic heterocycles. The third-order valence-corrected chi connectivity index (χ3v) is 9.92. The number of nitrogens with zero attached hydrogens (tertiary/aromatic N) is 2. The van der Waals surface area contributed by atoms with Crippen molar-refractivity contribution in [3.8, 4) is 5.75 Å². The van der Waals surface area contributed by atoms with E-state index in [4.69, 9.17) is 16.3 Å². The summed E-state index contributed by atoms with van der Waals surface area (Å²) in [5, 5.41) is 3.57. The van der Waals surface area contributed by atoms with Crippen LogP contribution >= 0.6 is 11.6 Å². The Kier molecular flexibility index (Phi) is 11.1. The van der Waals surface area contributed by atoms with E-state index in [0.717, 1.165) is 42.0 Å². The van der Waals surface area contributed by atoms with Gasteiger partial charge in [0.1, 0.15) is 18.3 Å². The van der Waals surface area contributed by atoms with E-state index in [-0.39, 0.29) is 23.4 Å². The van der Waals surface area contributed by atoms with Gasteiger partial charge in [0.15, 0.2) is 0 Å². The van der Waals surface area contributed by atoms with Crippen molar-refractivity contribution in [2.24, 2.45) is 0 Å². The van der Waals surface area contributed by atoms with Crippen molar-refractivity contribution in [3.05, 3.63) is 88.9 Å². The first-order chi connectivity index (χ1) is 20.6. The number of anilines is 1. The summed E-state index contributed by atoms with van der Waals surface area (Å²) in [5.74, 6) is -0.0978. The van der Waals surface area contributed by atoms with Crippen molar-refractivity contribution in [1.29, 1.82) is 0 Å². The minimum atomic E-state index is -4.17. The van der Waals surface area contributed by atoms with Crippen molar-refractivity contribution in [2.45, 2.75) is 75.9 Å². The molecule has 1 saturated carbocycles. The number of carbonyl (C=O) groups excluding carboxylic acids is 2. The molecule has 1 N–H and O–H groups in total. The zero-order valence-corrected chi connectivity index (χ0v) is 26.5. The number of nitrogens with one attached hydrogen (secondary N) is 1. The van der Waals surface area contributed by atoms with E-state index in [2.05, 4.69) is 5.32 Å². The highest BCUT2D eigenvalue weighted by Gasteiger charge is 2.35. The molecule has 43 heavy (non-hydrogen) atoms. The first-order valence-corrected chi connectivity index (χ1v) is 16.5. The van der Waals surface area contributed by atoms with Crippen LogP contribution in [0.25, 0.3) is 0 Å². The number of aryl methyl sites for hydroxylation is 1. The fourth-order valence-electron chi connectivity index (χ4n) is 5.52. The molecule has 8 nitrogen and oxygen atoms in total. The maximum Gasteiger partial charge on any atom is 0.264 e. The van der Waals surface area contributed by atoms with Crippen LogP contribution in [0.3, 0.4) is 0 Å². The minimum Gasteiger partial charge on any atom is -0.497 e. The highest BCUT2D eigenvalue weighted by molar-refractivity contribution is 7.92. The molecule has 0 radical (unpaired) electrons. The van der Waals surface area contributed by atoms with Crippen molar-refractivity contribution >= 4 is 39.1 Å². The molecule has 10 heteroatoms. The molecule has 0 heterocycles. The molecule has 3 aromatic carbocycles.